The number of ether oxygens (including phenoxy) is 2. The molecule has 20 heavy (non-hydrogen) atoms. The molecule has 0 radical (unpaired) electrons. The fourth-order valence-corrected chi connectivity index (χ4v) is 4.58. The highest BCUT2D eigenvalue weighted by Crippen LogP contribution is 2.43. The second kappa shape index (κ2) is 5.37. The van der Waals surface area contributed by atoms with Crippen LogP contribution in [-0.4, -0.2) is 29.7 Å². The van der Waals surface area contributed by atoms with Crippen molar-refractivity contribution in [3.05, 3.63) is 17.7 Å². The quantitative estimate of drug-likeness (QED) is 0.863. The smallest absolute Gasteiger partial charge is 0.162 e. The van der Waals surface area contributed by atoms with Gasteiger partial charge in [0, 0.05) is 28.7 Å². The van der Waals surface area contributed by atoms with E-state index in [0.29, 0.717) is 19.1 Å². The van der Waals surface area contributed by atoms with E-state index in [1.165, 1.54) is 0 Å². The van der Waals surface area contributed by atoms with Gasteiger partial charge in [0.15, 0.2) is 11.5 Å². The van der Waals surface area contributed by atoms with Gasteiger partial charge in [-0.3, -0.25) is 4.21 Å². The molecule has 0 aliphatic carbocycles. The van der Waals surface area contributed by atoms with E-state index < -0.39 is 10.8 Å². The average molecular weight is 295 g/mol. The number of hydrogen-bond acceptors (Lipinski definition) is 4. The minimum Gasteiger partial charge on any atom is -0.490 e. The van der Waals surface area contributed by atoms with E-state index in [1.54, 1.807) is 0 Å². The van der Waals surface area contributed by atoms with Crippen molar-refractivity contribution in [3.8, 4) is 11.5 Å². The minimum absolute atomic E-state index is 0.129. The van der Waals surface area contributed by atoms with Gasteiger partial charge in [0.1, 0.15) is 0 Å². The van der Waals surface area contributed by atoms with Gasteiger partial charge < -0.3 is 14.8 Å². The Morgan fingerprint density at radius 3 is 2.50 bits per heavy atom. The van der Waals surface area contributed by atoms with Crippen molar-refractivity contribution in [1.29, 1.82) is 0 Å². The summed E-state index contributed by atoms with van der Waals surface area (Å²) in [6.07, 6.45) is 0.880. The van der Waals surface area contributed by atoms with Crippen LogP contribution < -0.4 is 14.8 Å². The summed E-state index contributed by atoms with van der Waals surface area (Å²) in [4.78, 5) is 0.888. The van der Waals surface area contributed by atoms with Gasteiger partial charge in [-0.05, 0) is 24.6 Å². The van der Waals surface area contributed by atoms with Crippen molar-refractivity contribution in [2.24, 2.45) is 5.92 Å². The molecule has 4 unspecified atom stereocenters. The zero-order valence-electron chi connectivity index (χ0n) is 12.1. The Balaban J connectivity index is 2.13. The number of nitrogens with one attached hydrogen (secondary N) is 1. The van der Waals surface area contributed by atoms with Crippen LogP contribution in [0.2, 0.25) is 0 Å². The van der Waals surface area contributed by atoms with E-state index in [1.807, 2.05) is 19.2 Å². The summed E-state index contributed by atoms with van der Waals surface area (Å²) in [5, 5.41) is 3.48. The summed E-state index contributed by atoms with van der Waals surface area (Å²) in [5.74, 6) is 1.82. The van der Waals surface area contributed by atoms with Crippen molar-refractivity contribution in [3.63, 3.8) is 0 Å². The van der Waals surface area contributed by atoms with Gasteiger partial charge in [-0.1, -0.05) is 13.8 Å². The van der Waals surface area contributed by atoms with Crippen LogP contribution in [0.25, 0.3) is 0 Å². The molecule has 3 rings (SSSR count). The van der Waals surface area contributed by atoms with Gasteiger partial charge in [-0.2, -0.15) is 0 Å². The predicted molar refractivity (Wildman–Crippen MR) is 78.9 cm³/mol. The molecule has 1 aromatic rings. The Hall–Kier alpha value is -1.07. The molecule has 0 saturated heterocycles. The fraction of sp³-hybridized carbons (Fsp3) is 0.600. The maximum atomic E-state index is 12.6. The minimum atomic E-state index is -0.992. The zero-order chi connectivity index (χ0) is 14.3. The van der Waals surface area contributed by atoms with Gasteiger partial charge in [-0.15, -0.1) is 0 Å². The summed E-state index contributed by atoms with van der Waals surface area (Å²) in [6.45, 7) is 5.53. The average Bonchev–Trinajstić information content (AvgIpc) is 2.69. The van der Waals surface area contributed by atoms with Crippen LogP contribution in [0.15, 0.2) is 17.0 Å². The van der Waals surface area contributed by atoms with Crippen molar-refractivity contribution in [1.82, 2.24) is 5.32 Å². The Kier molecular flexibility index (Phi) is 3.73. The monoisotopic (exact) mass is 295 g/mol. The first-order valence-corrected chi connectivity index (χ1v) is 8.36. The van der Waals surface area contributed by atoms with Crippen LogP contribution in [0.4, 0.5) is 0 Å². The Bertz CT molecular complexity index is 546. The van der Waals surface area contributed by atoms with Crippen LogP contribution in [0.5, 0.6) is 11.5 Å². The third-order valence-corrected chi connectivity index (χ3v) is 6.24. The molecule has 1 aromatic carbocycles. The summed E-state index contributed by atoms with van der Waals surface area (Å²) >= 11 is 0. The van der Waals surface area contributed by atoms with E-state index in [2.05, 4.69) is 19.2 Å². The second-order valence-electron chi connectivity index (χ2n) is 5.52. The first-order chi connectivity index (χ1) is 9.63. The van der Waals surface area contributed by atoms with Gasteiger partial charge in [0.25, 0.3) is 0 Å². The largest absolute Gasteiger partial charge is 0.490 e. The highest BCUT2D eigenvalue weighted by atomic mass is 32.2. The normalized spacial score (nSPS) is 32.4. The van der Waals surface area contributed by atoms with Gasteiger partial charge in [0.05, 0.1) is 24.0 Å². The van der Waals surface area contributed by atoms with Crippen LogP contribution in [0, 0.1) is 5.92 Å². The predicted octanol–water partition coefficient (Wildman–Crippen LogP) is 2.25. The number of benzene rings is 1. The Morgan fingerprint density at radius 2 is 1.85 bits per heavy atom. The molecule has 0 fully saturated rings. The molecule has 4 atom stereocenters. The number of rotatable bonds is 1. The molecular weight excluding hydrogens is 274 g/mol. The van der Waals surface area contributed by atoms with Gasteiger partial charge in [-0.25, -0.2) is 0 Å². The lowest BCUT2D eigenvalue weighted by Gasteiger charge is -2.35. The van der Waals surface area contributed by atoms with Crippen molar-refractivity contribution in [2.75, 3.05) is 20.3 Å². The van der Waals surface area contributed by atoms with Crippen LogP contribution in [-0.2, 0) is 10.8 Å². The second-order valence-corrected chi connectivity index (χ2v) is 7.29. The summed E-state index contributed by atoms with van der Waals surface area (Å²) in [6, 6.07) is 4.13. The zero-order valence-corrected chi connectivity index (χ0v) is 13.0. The van der Waals surface area contributed by atoms with Crippen LogP contribution >= 0.6 is 0 Å². The summed E-state index contributed by atoms with van der Waals surface area (Å²) < 4.78 is 24.1. The topological polar surface area (TPSA) is 47.6 Å². The lowest BCUT2D eigenvalue weighted by molar-refractivity contribution is 0.296. The maximum absolute atomic E-state index is 12.6. The fourth-order valence-electron chi connectivity index (χ4n) is 2.99. The highest BCUT2D eigenvalue weighted by Gasteiger charge is 2.37. The lowest BCUT2D eigenvalue weighted by Crippen LogP contribution is -2.37. The molecule has 1 N–H and O–H groups in total. The summed E-state index contributed by atoms with van der Waals surface area (Å²) in [7, 11) is 0.962. The first kappa shape index (κ1) is 13.9. The molecule has 0 amide bonds. The molecule has 5 heteroatoms. The standard InChI is InChI=1S/C15H21NO3S/c1-9-10(2)20(17)14-8-13-12(18-5-4-6-19-13)7-11(14)15(9)16-3/h7-10,15-16H,4-6H2,1-3H3. The van der Waals surface area contributed by atoms with Crippen molar-refractivity contribution in [2.45, 2.75) is 36.5 Å². The Morgan fingerprint density at radius 1 is 1.20 bits per heavy atom. The van der Waals surface area contributed by atoms with E-state index in [0.717, 1.165) is 28.4 Å². The first-order valence-electron chi connectivity index (χ1n) is 7.15. The number of hydrogen-bond donors (Lipinski definition) is 1. The van der Waals surface area contributed by atoms with Crippen molar-refractivity contribution < 1.29 is 13.7 Å². The van der Waals surface area contributed by atoms with E-state index in [-0.39, 0.29) is 11.3 Å². The third kappa shape index (κ3) is 2.13. The molecule has 2 aliphatic heterocycles. The molecule has 0 saturated carbocycles. The molecule has 4 nitrogen and oxygen atoms in total. The highest BCUT2D eigenvalue weighted by molar-refractivity contribution is 7.85. The molecule has 0 aromatic heterocycles. The molecule has 110 valence electrons. The molecule has 2 aliphatic rings. The third-order valence-electron chi connectivity index (χ3n) is 4.35. The van der Waals surface area contributed by atoms with E-state index in [9.17, 15) is 4.21 Å². The van der Waals surface area contributed by atoms with Crippen LogP contribution in [0.1, 0.15) is 31.9 Å². The maximum Gasteiger partial charge on any atom is 0.162 e. The van der Waals surface area contributed by atoms with Gasteiger partial charge in [0.2, 0.25) is 0 Å². The Labute approximate surface area is 122 Å². The van der Waals surface area contributed by atoms with E-state index >= 15 is 0 Å². The molecule has 0 spiro atoms. The number of fused-ring (bicyclic) bond motifs is 2. The molecular formula is C15H21NO3S. The molecule has 2 heterocycles. The van der Waals surface area contributed by atoms with Gasteiger partial charge >= 0.3 is 0 Å². The lowest BCUT2D eigenvalue weighted by atomic mass is 9.91. The summed E-state index contributed by atoms with van der Waals surface area (Å²) in [5.41, 5.74) is 1.08. The van der Waals surface area contributed by atoms with Crippen molar-refractivity contribution >= 4 is 10.8 Å². The van der Waals surface area contributed by atoms with Crippen LogP contribution in [0.3, 0.4) is 0 Å². The molecule has 0 bridgehead atoms. The SMILES string of the molecule is CNC1c2cc3c(cc2S(=O)C(C)C1C)OCCCO3. The van der Waals surface area contributed by atoms with E-state index in [4.69, 9.17) is 9.47 Å².